The molecule has 0 aliphatic heterocycles. The van der Waals surface area contributed by atoms with Gasteiger partial charge in [-0.25, -0.2) is 9.67 Å². The Hall–Kier alpha value is -1.42. The van der Waals surface area contributed by atoms with Crippen LogP contribution in [0.1, 0.15) is 5.69 Å². The quantitative estimate of drug-likeness (QED) is 0.648. The number of aromatic nitrogens is 4. The van der Waals surface area contributed by atoms with E-state index in [9.17, 15) is 0 Å². The van der Waals surface area contributed by atoms with Crippen molar-refractivity contribution in [3.05, 3.63) is 35.4 Å². The van der Waals surface area contributed by atoms with Crippen LogP contribution in [0.5, 0.6) is 0 Å². The SMILES string of the molecule is Cc1cnnn1-c1cccnc1Cl. The van der Waals surface area contributed by atoms with Crippen molar-refractivity contribution < 1.29 is 0 Å². The molecule has 0 aliphatic rings. The molecule has 0 atom stereocenters. The van der Waals surface area contributed by atoms with Crippen LogP contribution in [0.4, 0.5) is 0 Å². The van der Waals surface area contributed by atoms with Gasteiger partial charge in [-0.15, -0.1) is 5.10 Å². The summed E-state index contributed by atoms with van der Waals surface area (Å²) in [6.07, 6.45) is 3.31. The summed E-state index contributed by atoms with van der Waals surface area (Å²) in [6.45, 7) is 1.91. The summed E-state index contributed by atoms with van der Waals surface area (Å²) in [7, 11) is 0. The molecule has 0 fully saturated rings. The summed E-state index contributed by atoms with van der Waals surface area (Å²) in [6, 6.07) is 3.65. The Morgan fingerprint density at radius 1 is 1.46 bits per heavy atom. The van der Waals surface area contributed by atoms with E-state index in [-0.39, 0.29) is 0 Å². The number of halogens is 1. The van der Waals surface area contributed by atoms with Gasteiger partial charge < -0.3 is 0 Å². The second kappa shape index (κ2) is 3.14. The third kappa shape index (κ3) is 1.40. The molecule has 2 heterocycles. The van der Waals surface area contributed by atoms with Crippen LogP contribution < -0.4 is 0 Å². The van der Waals surface area contributed by atoms with Gasteiger partial charge in [-0.1, -0.05) is 16.8 Å². The van der Waals surface area contributed by atoms with E-state index < -0.39 is 0 Å². The Morgan fingerprint density at radius 3 is 2.92 bits per heavy atom. The van der Waals surface area contributed by atoms with E-state index in [1.807, 2.05) is 19.1 Å². The molecule has 66 valence electrons. The lowest BCUT2D eigenvalue weighted by Crippen LogP contribution is -2.00. The second-order valence-corrected chi connectivity index (χ2v) is 2.96. The maximum Gasteiger partial charge on any atom is 0.154 e. The monoisotopic (exact) mass is 194 g/mol. The van der Waals surface area contributed by atoms with Crippen molar-refractivity contribution in [1.82, 2.24) is 20.0 Å². The Bertz CT molecular complexity index is 424. The van der Waals surface area contributed by atoms with Gasteiger partial charge in [-0.3, -0.25) is 0 Å². The third-order valence-electron chi connectivity index (χ3n) is 1.69. The molecule has 0 N–H and O–H groups in total. The van der Waals surface area contributed by atoms with Gasteiger partial charge in [0.25, 0.3) is 0 Å². The van der Waals surface area contributed by atoms with Crippen molar-refractivity contribution in [2.24, 2.45) is 0 Å². The van der Waals surface area contributed by atoms with Gasteiger partial charge in [0.05, 0.1) is 11.9 Å². The summed E-state index contributed by atoms with van der Waals surface area (Å²) in [4.78, 5) is 3.95. The number of hydrogen-bond acceptors (Lipinski definition) is 3. The lowest BCUT2D eigenvalue weighted by Gasteiger charge is -2.02. The zero-order valence-corrected chi connectivity index (χ0v) is 7.73. The van der Waals surface area contributed by atoms with Crippen LogP contribution in [0, 0.1) is 6.92 Å². The molecule has 0 saturated carbocycles. The van der Waals surface area contributed by atoms with Crippen LogP contribution in [0.2, 0.25) is 5.15 Å². The zero-order chi connectivity index (χ0) is 9.26. The maximum atomic E-state index is 5.89. The average Bonchev–Trinajstić information content (AvgIpc) is 2.52. The molecule has 0 unspecified atom stereocenters. The first-order valence-electron chi connectivity index (χ1n) is 3.77. The van der Waals surface area contributed by atoms with Gasteiger partial charge in [0.1, 0.15) is 5.69 Å². The van der Waals surface area contributed by atoms with Crippen LogP contribution in [0.3, 0.4) is 0 Å². The predicted octanol–water partition coefficient (Wildman–Crippen LogP) is 1.62. The lowest BCUT2D eigenvalue weighted by molar-refractivity contribution is 0.782. The lowest BCUT2D eigenvalue weighted by atomic mass is 10.4. The summed E-state index contributed by atoms with van der Waals surface area (Å²) < 4.78 is 1.65. The number of nitrogens with zero attached hydrogens (tertiary/aromatic N) is 4. The normalized spacial score (nSPS) is 10.3. The Kier molecular flexibility index (Phi) is 1.98. The minimum absolute atomic E-state index is 0.427. The highest BCUT2D eigenvalue weighted by molar-refractivity contribution is 6.31. The minimum Gasteiger partial charge on any atom is -0.242 e. The number of hydrogen-bond donors (Lipinski definition) is 0. The van der Waals surface area contributed by atoms with E-state index in [1.54, 1.807) is 17.1 Å². The van der Waals surface area contributed by atoms with Crippen molar-refractivity contribution >= 4 is 11.6 Å². The van der Waals surface area contributed by atoms with Crippen molar-refractivity contribution in [1.29, 1.82) is 0 Å². The van der Waals surface area contributed by atoms with E-state index in [1.165, 1.54) is 0 Å². The van der Waals surface area contributed by atoms with Crippen LogP contribution >= 0.6 is 11.6 Å². The topological polar surface area (TPSA) is 43.6 Å². The average molecular weight is 195 g/mol. The van der Waals surface area contributed by atoms with Crippen molar-refractivity contribution in [3.63, 3.8) is 0 Å². The van der Waals surface area contributed by atoms with Gasteiger partial charge in [-0.05, 0) is 19.1 Å². The Morgan fingerprint density at radius 2 is 2.31 bits per heavy atom. The van der Waals surface area contributed by atoms with Crippen LogP contribution in [0.25, 0.3) is 5.69 Å². The molecule has 4 nitrogen and oxygen atoms in total. The van der Waals surface area contributed by atoms with E-state index in [0.29, 0.717) is 5.15 Å². The molecule has 2 aromatic heterocycles. The standard InChI is InChI=1S/C8H7ClN4/c1-6-5-11-12-13(6)7-3-2-4-10-8(7)9/h2-5H,1H3. The van der Waals surface area contributed by atoms with Crippen LogP contribution in [-0.2, 0) is 0 Å². The number of aryl methyl sites for hydroxylation is 1. The number of pyridine rings is 1. The molecule has 0 aliphatic carbocycles. The van der Waals surface area contributed by atoms with E-state index >= 15 is 0 Å². The van der Waals surface area contributed by atoms with Crippen molar-refractivity contribution in [2.45, 2.75) is 6.92 Å². The molecule has 0 spiro atoms. The number of rotatable bonds is 1. The molecule has 0 aromatic carbocycles. The summed E-state index contributed by atoms with van der Waals surface area (Å²) in [5.74, 6) is 0. The van der Waals surface area contributed by atoms with Crippen LogP contribution in [-0.4, -0.2) is 20.0 Å². The predicted molar refractivity (Wildman–Crippen MR) is 48.9 cm³/mol. The molecule has 2 rings (SSSR count). The van der Waals surface area contributed by atoms with Crippen LogP contribution in [0.15, 0.2) is 24.5 Å². The highest BCUT2D eigenvalue weighted by Crippen LogP contribution is 2.16. The fourth-order valence-electron chi connectivity index (χ4n) is 1.06. The Balaban J connectivity index is 2.59. The fourth-order valence-corrected chi connectivity index (χ4v) is 1.26. The second-order valence-electron chi connectivity index (χ2n) is 2.60. The summed E-state index contributed by atoms with van der Waals surface area (Å²) in [5, 5.41) is 8.08. The molecule has 0 saturated heterocycles. The molecular weight excluding hydrogens is 188 g/mol. The van der Waals surface area contributed by atoms with Gasteiger partial charge in [0.2, 0.25) is 0 Å². The Labute approximate surface area is 80.2 Å². The smallest absolute Gasteiger partial charge is 0.154 e. The first kappa shape index (κ1) is 8.19. The molecular formula is C8H7ClN4. The molecule has 0 bridgehead atoms. The first-order valence-corrected chi connectivity index (χ1v) is 4.15. The third-order valence-corrected chi connectivity index (χ3v) is 1.98. The molecule has 5 heteroatoms. The minimum atomic E-state index is 0.427. The molecule has 13 heavy (non-hydrogen) atoms. The van der Waals surface area contributed by atoms with Gasteiger partial charge in [-0.2, -0.15) is 0 Å². The van der Waals surface area contributed by atoms with E-state index in [4.69, 9.17) is 11.6 Å². The van der Waals surface area contributed by atoms with Gasteiger partial charge in [0.15, 0.2) is 5.15 Å². The first-order chi connectivity index (χ1) is 6.29. The summed E-state index contributed by atoms with van der Waals surface area (Å²) in [5.41, 5.74) is 1.68. The zero-order valence-electron chi connectivity index (χ0n) is 6.98. The molecule has 2 aromatic rings. The van der Waals surface area contributed by atoms with E-state index in [2.05, 4.69) is 15.3 Å². The largest absolute Gasteiger partial charge is 0.242 e. The van der Waals surface area contributed by atoms with Gasteiger partial charge >= 0.3 is 0 Å². The highest BCUT2D eigenvalue weighted by atomic mass is 35.5. The fraction of sp³-hybridized carbons (Fsp3) is 0.125. The van der Waals surface area contributed by atoms with Crippen molar-refractivity contribution in [2.75, 3.05) is 0 Å². The molecule has 0 amide bonds. The van der Waals surface area contributed by atoms with E-state index in [0.717, 1.165) is 11.4 Å². The van der Waals surface area contributed by atoms with Crippen molar-refractivity contribution in [3.8, 4) is 5.69 Å². The van der Waals surface area contributed by atoms with Gasteiger partial charge in [0, 0.05) is 6.20 Å². The highest BCUT2D eigenvalue weighted by Gasteiger charge is 2.05. The molecule has 0 radical (unpaired) electrons. The summed E-state index contributed by atoms with van der Waals surface area (Å²) >= 11 is 5.89. The maximum absolute atomic E-state index is 5.89.